The lowest BCUT2D eigenvalue weighted by atomic mass is 9.98. The van der Waals surface area contributed by atoms with Crippen LogP contribution in [0.4, 0.5) is 5.69 Å². The third kappa shape index (κ3) is 5.43. The van der Waals surface area contributed by atoms with E-state index in [-0.39, 0.29) is 17.3 Å². The van der Waals surface area contributed by atoms with Gasteiger partial charge in [0.05, 0.1) is 29.9 Å². The first-order valence-electron chi connectivity index (χ1n) is 10.4. The van der Waals surface area contributed by atoms with Crippen LogP contribution in [-0.2, 0) is 21.2 Å². The number of carbonyl (C=O) groups is 1. The van der Waals surface area contributed by atoms with Gasteiger partial charge in [-0.1, -0.05) is 12.1 Å². The van der Waals surface area contributed by atoms with Crippen LogP contribution >= 0.6 is 0 Å². The lowest BCUT2D eigenvalue weighted by Gasteiger charge is -2.31. The molecule has 1 unspecified atom stereocenters. The Labute approximate surface area is 183 Å². The second-order valence-electron chi connectivity index (χ2n) is 7.58. The van der Waals surface area contributed by atoms with Crippen molar-refractivity contribution in [1.29, 1.82) is 5.26 Å². The van der Waals surface area contributed by atoms with Gasteiger partial charge in [-0.3, -0.25) is 4.79 Å². The maximum Gasteiger partial charge on any atom is 0.243 e. The van der Waals surface area contributed by atoms with E-state index in [9.17, 15) is 13.2 Å². The number of hydrogen-bond acceptors (Lipinski definition) is 5. The van der Waals surface area contributed by atoms with Crippen LogP contribution in [0, 0.1) is 24.2 Å². The molecular formula is C23H27N3O4S. The average molecular weight is 442 g/mol. The maximum absolute atomic E-state index is 13.2. The molecular weight excluding hydrogens is 414 g/mol. The van der Waals surface area contributed by atoms with Gasteiger partial charge in [-0.05, 0) is 68.1 Å². The van der Waals surface area contributed by atoms with Crippen LogP contribution in [0.15, 0.2) is 47.4 Å². The van der Waals surface area contributed by atoms with Gasteiger partial charge in [0, 0.05) is 18.8 Å². The molecule has 7 nitrogen and oxygen atoms in total. The van der Waals surface area contributed by atoms with Gasteiger partial charge in [-0.25, -0.2) is 8.42 Å². The normalized spacial score (nSPS) is 17.0. The van der Waals surface area contributed by atoms with Gasteiger partial charge in [0.2, 0.25) is 15.9 Å². The number of nitrogens with one attached hydrogen (secondary N) is 1. The molecule has 1 heterocycles. The van der Waals surface area contributed by atoms with Gasteiger partial charge in [0.1, 0.15) is 5.75 Å². The van der Waals surface area contributed by atoms with Crippen LogP contribution in [0.5, 0.6) is 5.75 Å². The predicted octanol–water partition coefficient (Wildman–Crippen LogP) is 3.50. The van der Waals surface area contributed by atoms with E-state index in [1.807, 2.05) is 13.8 Å². The third-order valence-corrected chi connectivity index (χ3v) is 7.20. The average Bonchev–Trinajstić information content (AvgIpc) is 2.77. The summed E-state index contributed by atoms with van der Waals surface area (Å²) in [5.41, 5.74) is 2.27. The van der Waals surface area contributed by atoms with Crippen molar-refractivity contribution in [1.82, 2.24) is 4.31 Å². The number of nitriles is 1. The van der Waals surface area contributed by atoms with E-state index in [2.05, 4.69) is 11.4 Å². The summed E-state index contributed by atoms with van der Waals surface area (Å²) in [6, 6.07) is 14.0. The monoisotopic (exact) mass is 441 g/mol. The Morgan fingerprint density at radius 1 is 1.26 bits per heavy atom. The molecule has 0 saturated carbocycles. The standard InChI is InChI=1S/C23H27N3O4S/c1-3-30-22-11-10-21(15-17(22)2)31(28,29)26-14-4-5-19(16-26)23(27)25-20-8-6-18(7-9-20)12-13-24/h6-11,15,19H,3-5,12,14,16H2,1-2H3,(H,25,27). The van der Waals surface area contributed by atoms with Crippen LogP contribution in [0.1, 0.15) is 30.9 Å². The minimum absolute atomic E-state index is 0.146. The Balaban J connectivity index is 1.69. The molecule has 1 saturated heterocycles. The van der Waals surface area contributed by atoms with Gasteiger partial charge >= 0.3 is 0 Å². The molecule has 1 atom stereocenters. The smallest absolute Gasteiger partial charge is 0.243 e. The Bertz CT molecular complexity index is 1070. The molecule has 0 radical (unpaired) electrons. The van der Waals surface area contributed by atoms with Crippen LogP contribution < -0.4 is 10.1 Å². The summed E-state index contributed by atoms with van der Waals surface area (Å²) in [5.74, 6) is 0.0417. The number of anilines is 1. The molecule has 164 valence electrons. The van der Waals surface area contributed by atoms with Crippen molar-refractivity contribution in [3.05, 3.63) is 53.6 Å². The van der Waals surface area contributed by atoms with Crippen LogP contribution in [0.3, 0.4) is 0 Å². The number of hydrogen-bond donors (Lipinski definition) is 1. The maximum atomic E-state index is 13.2. The number of nitrogens with zero attached hydrogens (tertiary/aromatic N) is 2. The Kier molecular flexibility index (Phi) is 7.31. The van der Waals surface area contributed by atoms with Crippen molar-refractivity contribution in [2.24, 2.45) is 5.92 Å². The summed E-state index contributed by atoms with van der Waals surface area (Å²) in [6.07, 6.45) is 1.57. The minimum Gasteiger partial charge on any atom is -0.494 e. The van der Waals surface area contributed by atoms with E-state index in [4.69, 9.17) is 10.00 Å². The van der Waals surface area contributed by atoms with Crippen molar-refractivity contribution in [2.75, 3.05) is 25.0 Å². The Morgan fingerprint density at radius 3 is 2.65 bits per heavy atom. The lowest BCUT2D eigenvalue weighted by molar-refractivity contribution is -0.120. The Hall–Kier alpha value is -2.89. The fraction of sp³-hybridized carbons (Fsp3) is 0.391. The van der Waals surface area contributed by atoms with Gasteiger partial charge in [-0.15, -0.1) is 0 Å². The first-order valence-corrected chi connectivity index (χ1v) is 11.8. The zero-order valence-corrected chi connectivity index (χ0v) is 18.6. The fourth-order valence-electron chi connectivity index (χ4n) is 3.67. The van der Waals surface area contributed by atoms with E-state index < -0.39 is 15.9 Å². The molecule has 31 heavy (non-hydrogen) atoms. The van der Waals surface area contributed by atoms with Gasteiger partial charge in [0.25, 0.3) is 0 Å². The second-order valence-corrected chi connectivity index (χ2v) is 9.52. The number of aryl methyl sites for hydroxylation is 1. The summed E-state index contributed by atoms with van der Waals surface area (Å²) in [7, 11) is -3.70. The van der Waals surface area contributed by atoms with Crippen molar-refractivity contribution in [2.45, 2.75) is 38.0 Å². The molecule has 8 heteroatoms. The number of benzene rings is 2. The second kappa shape index (κ2) is 9.94. The molecule has 0 spiro atoms. The van der Waals surface area contributed by atoms with Crippen LogP contribution in [-0.4, -0.2) is 38.3 Å². The number of carbonyl (C=O) groups excluding carboxylic acids is 1. The molecule has 0 bridgehead atoms. The number of amides is 1. The molecule has 0 aromatic heterocycles. The van der Waals surface area contributed by atoms with E-state index >= 15 is 0 Å². The highest BCUT2D eigenvalue weighted by Gasteiger charge is 2.33. The summed E-state index contributed by atoms with van der Waals surface area (Å²) in [4.78, 5) is 13.0. The fourth-order valence-corrected chi connectivity index (χ4v) is 5.27. The summed E-state index contributed by atoms with van der Waals surface area (Å²) >= 11 is 0. The Morgan fingerprint density at radius 2 is 2.00 bits per heavy atom. The number of sulfonamides is 1. The van der Waals surface area contributed by atoms with Crippen LogP contribution in [0.2, 0.25) is 0 Å². The molecule has 1 aliphatic heterocycles. The van der Waals surface area contributed by atoms with Gasteiger partial charge in [0.15, 0.2) is 0 Å². The topological polar surface area (TPSA) is 99.5 Å². The molecule has 0 aliphatic carbocycles. The molecule has 1 aliphatic rings. The molecule has 1 fully saturated rings. The summed E-state index contributed by atoms with van der Waals surface area (Å²) in [6.45, 7) is 4.74. The van der Waals surface area contributed by atoms with Crippen molar-refractivity contribution >= 4 is 21.6 Å². The largest absolute Gasteiger partial charge is 0.494 e. The van der Waals surface area contributed by atoms with Gasteiger partial charge < -0.3 is 10.1 Å². The highest BCUT2D eigenvalue weighted by molar-refractivity contribution is 7.89. The van der Waals surface area contributed by atoms with E-state index in [0.717, 1.165) is 11.1 Å². The van der Waals surface area contributed by atoms with Crippen molar-refractivity contribution in [3.8, 4) is 11.8 Å². The first-order chi connectivity index (χ1) is 14.8. The SMILES string of the molecule is CCOc1ccc(S(=O)(=O)N2CCCC(C(=O)Nc3ccc(CC#N)cc3)C2)cc1C. The molecule has 2 aromatic carbocycles. The molecule has 2 aromatic rings. The molecule has 1 N–H and O–H groups in total. The minimum atomic E-state index is -3.70. The number of ether oxygens (including phenoxy) is 1. The zero-order valence-electron chi connectivity index (χ0n) is 17.8. The van der Waals surface area contributed by atoms with E-state index in [0.29, 0.717) is 43.9 Å². The predicted molar refractivity (Wildman–Crippen MR) is 118 cm³/mol. The summed E-state index contributed by atoms with van der Waals surface area (Å²) in [5, 5.41) is 11.6. The van der Waals surface area contributed by atoms with Gasteiger partial charge in [-0.2, -0.15) is 9.57 Å². The third-order valence-electron chi connectivity index (χ3n) is 5.34. The van der Waals surface area contributed by atoms with E-state index in [1.165, 1.54) is 4.31 Å². The highest BCUT2D eigenvalue weighted by atomic mass is 32.2. The summed E-state index contributed by atoms with van der Waals surface area (Å²) < 4.78 is 33.2. The first kappa shape index (κ1) is 22.8. The number of rotatable bonds is 7. The lowest BCUT2D eigenvalue weighted by Crippen LogP contribution is -2.43. The quantitative estimate of drug-likeness (QED) is 0.709. The van der Waals surface area contributed by atoms with Crippen molar-refractivity contribution in [3.63, 3.8) is 0 Å². The highest BCUT2D eigenvalue weighted by Crippen LogP contribution is 2.28. The molecule has 1 amide bonds. The zero-order chi connectivity index (χ0) is 22.4. The van der Waals surface area contributed by atoms with E-state index in [1.54, 1.807) is 42.5 Å². The molecule has 3 rings (SSSR count). The van der Waals surface area contributed by atoms with Crippen molar-refractivity contribution < 1.29 is 17.9 Å². The number of piperidine rings is 1. The van der Waals surface area contributed by atoms with Crippen LogP contribution in [0.25, 0.3) is 0 Å².